The molecule has 6 aliphatic rings. The monoisotopic (exact) mass is 610 g/mol. The van der Waals surface area contributed by atoms with Crippen LogP contribution in [0.15, 0.2) is 157 Å². The molecule has 2 unspecified atom stereocenters. The standard InChI is InChI=1S/C46H30N2/c1-3-15-37-31(13-1)43-33-23-26-42-44(34(33)24-25-41(43)47-39-21-7-5-11-29(39)27-17-9-19-35(27)45(37)47)32-14-2-4-16-38(32)46-36-20-10-18-28(36)30-12-6-8-22-40(30)48(42)46/h1-8,11-26,45-46H,9-10H2. The Labute approximate surface area is 279 Å². The predicted molar refractivity (Wildman–Crippen MR) is 199 cm³/mol. The third-order valence-corrected chi connectivity index (χ3v) is 11.7. The number of fused-ring (bicyclic) bond motifs is 25. The quantitative estimate of drug-likeness (QED) is 0.169. The lowest BCUT2D eigenvalue weighted by molar-refractivity contribution is 0.800. The van der Waals surface area contributed by atoms with E-state index in [2.05, 4.69) is 155 Å². The second-order valence-electron chi connectivity index (χ2n) is 13.8. The van der Waals surface area contributed by atoms with Crippen molar-refractivity contribution in [1.29, 1.82) is 0 Å². The fraction of sp³-hybridized carbons (Fsp3) is 0.0870. The SMILES string of the molecule is C1=C2C(=CC1)C1c3ccccc3-c3c(ccc4c5c(ccc34)N3c4ccccc4C4=CCC=C4C3c3ccccc3-5)N1c1ccccc12. The van der Waals surface area contributed by atoms with Crippen molar-refractivity contribution < 1.29 is 0 Å². The molecule has 0 radical (unpaired) electrons. The van der Waals surface area contributed by atoms with Gasteiger partial charge in [0.15, 0.2) is 0 Å². The van der Waals surface area contributed by atoms with E-state index < -0.39 is 0 Å². The van der Waals surface area contributed by atoms with Crippen molar-refractivity contribution in [2.24, 2.45) is 0 Å². The van der Waals surface area contributed by atoms with Gasteiger partial charge in [-0.3, -0.25) is 0 Å². The highest BCUT2D eigenvalue weighted by molar-refractivity contribution is 6.16. The summed E-state index contributed by atoms with van der Waals surface area (Å²) in [6.45, 7) is 0. The molecule has 0 spiro atoms. The average molecular weight is 611 g/mol. The van der Waals surface area contributed by atoms with Crippen LogP contribution in [-0.4, -0.2) is 0 Å². The number of hydrogen-bond acceptors (Lipinski definition) is 2. The number of anilines is 4. The van der Waals surface area contributed by atoms with Crippen molar-refractivity contribution in [1.82, 2.24) is 0 Å². The fourth-order valence-electron chi connectivity index (χ4n) is 9.92. The first-order valence-electron chi connectivity index (χ1n) is 17.2. The maximum absolute atomic E-state index is 2.63. The van der Waals surface area contributed by atoms with E-state index >= 15 is 0 Å². The van der Waals surface area contributed by atoms with Crippen LogP contribution in [0.3, 0.4) is 0 Å². The molecule has 6 aromatic rings. The van der Waals surface area contributed by atoms with Crippen LogP contribution in [0.2, 0.25) is 0 Å². The van der Waals surface area contributed by atoms with Gasteiger partial charge in [0.1, 0.15) is 0 Å². The summed E-state index contributed by atoms with van der Waals surface area (Å²) in [6, 6.07) is 46.3. The molecular formula is C46H30N2. The Morgan fingerprint density at radius 3 is 1.27 bits per heavy atom. The minimum Gasteiger partial charge on any atom is -0.329 e. The van der Waals surface area contributed by atoms with Crippen molar-refractivity contribution >= 4 is 44.7 Å². The second kappa shape index (κ2) is 8.93. The Morgan fingerprint density at radius 2 is 0.792 bits per heavy atom. The molecule has 2 heteroatoms. The first-order valence-corrected chi connectivity index (χ1v) is 17.2. The summed E-state index contributed by atoms with van der Waals surface area (Å²) in [6.07, 6.45) is 11.7. The van der Waals surface area contributed by atoms with Crippen LogP contribution in [0.1, 0.15) is 47.2 Å². The minimum absolute atomic E-state index is 0.167. The molecule has 0 amide bonds. The van der Waals surface area contributed by atoms with E-state index in [-0.39, 0.29) is 12.1 Å². The predicted octanol–water partition coefficient (Wildman–Crippen LogP) is 12.0. The molecule has 0 N–H and O–H groups in total. The molecule has 2 atom stereocenters. The first kappa shape index (κ1) is 25.3. The van der Waals surface area contributed by atoms with E-state index in [0.29, 0.717) is 0 Å². The average Bonchev–Trinajstić information content (AvgIpc) is 3.85. The minimum atomic E-state index is 0.167. The van der Waals surface area contributed by atoms with Gasteiger partial charge in [-0.2, -0.15) is 0 Å². The summed E-state index contributed by atoms with van der Waals surface area (Å²) in [4.78, 5) is 5.26. The lowest BCUT2D eigenvalue weighted by Crippen LogP contribution is -2.34. The normalized spacial score (nSPS) is 19.9. The van der Waals surface area contributed by atoms with E-state index in [9.17, 15) is 0 Å². The van der Waals surface area contributed by atoms with Gasteiger partial charge < -0.3 is 9.80 Å². The number of nitrogens with zero attached hydrogens (tertiary/aromatic N) is 2. The summed E-state index contributed by atoms with van der Waals surface area (Å²) in [7, 11) is 0. The molecule has 0 saturated carbocycles. The summed E-state index contributed by atoms with van der Waals surface area (Å²) in [5.41, 5.74) is 21.7. The highest BCUT2D eigenvalue weighted by atomic mass is 15.2. The molecule has 224 valence electrons. The number of benzene rings is 6. The second-order valence-corrected chi connectivity index (χ2v) is 13.8. The first-order chi connectivity index (χ1) is 23.9. The van der Waals surface area contributed by atoms with E-state index in [0.717, 1.165) is 12.8 Å². The van der Waals surface area contributed by atoms with Crippen LogP contribution in [0.4, 0.5) is 22.7 Å². The number of hydrogen-bond donors (Lipinski definition) is 0. The third kappa shape index (κ3) is 2.96. The van der Waals surface area contributed by atoms with Crippen molar-refractivity contribution in [3.05, 3.63) is 179 Å². The molecule has 4 aliphatic heterocycles. The molecule has 6 aromatic carbocycles. The van der Waals surface area contributed by atoms with Crippen LogP contribution in [0.25, 0.3) is 44.2 Å². The van der Waals surface area contributed by atoms with Gasteiger partial charge in [-0.1, -0.05) is 121 Å². The van der Waals surface area contributed by atoms with E-state index in [1.807, 2.05) is 0 Å². The van der Waals surface area contributed by atoms with Crippen LogP contribution < -0.4 is 9.80 Å². The summed E-state index contributed by atoms with van der Waals surface area (Å²) >= 11 is 0. The van der Waals surface area contributed by atoms with Gasteiger partial charge in [-0.25, -0.2) is 0 Å². The van der Waals surface area contributed by atoms with Crippen LogP contribution in [0, 0.1) is 0 Å². The Balaban J connectivity index is 1.18. The summed E-state index contributed by atoms with van der Waals surface area (Å²) in [5, 5.41) is 2.63. The number of para-hydroxylation sites is 2. The fourth-order valence-corrected chi connectivity index (χ4v) is 9.92. The molecule has 4 heterocycles. The Morgan fingerprint density at radius 1 is 0.375 bits per heavy atom. The molecule has 48 heavy (non-hydrogen) atoms. The van der Waals surface area contributed by atoms with Crippen molar-refractivity contribution in [3.63, 3.8) is 0 Å². The zero-order valence-corrected chi connectivity index (χ0v) is 26.3. The lowest BCUT2D eigenvalue weighted by Gasteiger charge is -2.47. The molecule has 0 aromatic heterocycles. The van der Waals surface area contributed by atoms with E-state index in [1.54, 1.807) is 0 Å². The maximum atomic E-state index is 2.63. The van der Waals surface area contributed by atoms with Crippen molar-refractivity contribution in [2.45, 2.75) is 24.9 Å². The van der Waals surface area contributed by atoms with Crippen LogP contribution >= 0.6 is 0 Å². The Hall–Kier alpha value is -5.86. The number of rotatable bonds is 0. The third-order valence-electron chi connectivity index (χ3n) is 11.7. The Bertz CT molecular complexity index is 2410. The smallest absolute Gasteiger partial charge is 0.0854 e. The van der Waals surface area contributed by atoms with Gasteiger partial charge in [0.25, 0.3) is 0 Å². The molecular weight excluding hydrogens is 581 g/mol. The summed E-state index contributed by atoms with van der Waals surface area (Å²) in [5.74, 6) is 0. The van der Waals surface area contributed by atoms with Crippen molar-refractivity contribution in [3.8, 4) is 22.3 Å². The zero-order valence-electron chi connectivity index (χ0n) is 26.3. The zero-order chi connectivity index (χ0) is 31.1. The van der Waals surface area contributed by atoms with Crippen LogP contribution in [-0.2, 0) is 0 Å². The molecule has 12 rings (SSSR count). The van der Waals surface area contributed by atoms with E-state index in [4.69, 9.17) is 0 Å². The van der Waals surface area contributed by atoms with Crippen molar-refractivity contribution in [2.75, 3.05) is 9.80 Å². The molecule has 0 saturated heterocycles. The molecule has 2 nitrogen and oxygen atoms in total. The molecule has 2 aliphatic carbocycles. The Kier molecular flexibility index (Phi) is 4.70. The van der Waals surface area contributed by atoms with Gasteiger partial charge in [-0.05, 0) is 92.4 Å². The van der Waals surface area contributed by atoms with Crippen LogP contribution in [0.5, 0.6) is 0 Å². The van der Waals surface area contributed by atoms with E-state index in [1.165, 1.54) is 100 Å². The largest absolute Gasteiger partial charge is 0.329 e. The van der Waals surface area contributed by atoms with Gasteiger partial charge in [0, 0.05) is 33.6 Å². The molecule has 0 fully saturated rings. The van der Waals surface area contributed by atoms with Gasteiger partial charge in [0.2, 0.25) is 0 Å². The van der Waals surface area contributed by atoms with Gasteiger partial charge in [-0.15, -0.1) is 0 Å². The lowest BCUT2D eigenvalue weighted by atomic mass is 9.75. The van der Waals surface area contributed by atoms with Gasteiger partial charge >= 0.3 is 0 Å². The number of allylic oxidation sites excluding steroid dienone is 4. The summed E-state index contributed by atoms with van der Waals surface area (Å²) < 4.78 is 0. The topological polar surface area (TPSA) is 6.48 Å². The maximum Gasteiger partial charge on any atom is 0.0854 e. The van der Waals surface area contributed by atoms with Gasteiger partial charge in [0.05, 0.1) is 23.5 Å². The highest BCUT2D eigenvalue weighted by Gasteiger charge is 2.44. The highest BCUT2D eigenvalue weighted by Crippen LogP contribution is 2.63. The molecule has 0 bridgehead atoms.